The number of carbonyl (C=O) groups excluding carboxylic acids is 1. The molecule has 3 nitrogen and oxygen atoms in total. The molecule has 3 heteroatoms. The van der Waals surface area contributed by atoms with Crippen LogP contribution in [0.4, 0.5) is 0 Å². The van der Waals surface area contributed by atoms with Crippen LogP contribution in [0.25, 0.3) is 0 Å². The number of nitrogens with zero attached hydrogens (tertiary/aromatic N) is 1. The predicted molar refractivity (Wildman–Crippen MR) is 89.7 cm³/mol. The Balaban J connectivity index is 1.72. The zero-order chi connectivity index (χ0) is 15.9. The lowest BCUT2D eigenvalue weighted by Crippen LogP contribution is -2.36. The van der Waals surface area contributed by atoms with Crippen LogP contribution >= 0.6 is 0 Å². The molecule has 0 aromatic heterocycles. The van der Waals surface area contributed by atoms with E-state index in [0.717, 1.165) is 32.4 Å². The van der Waals surface area contributed by atoms with Crippen molar-refractivity contribution in [3.8, 4) is 0 Å². The second-order valence-electron chi connectivity index (χ2n) is 7.35. The van der Waals surface area contributed by atoms with Crippen molar-refractivity contribution in [3.63, 3.8) is 0 Å². The number of hydrogen-bond donors (Lipinski definition) is 1. The van der Waals surface area contributed by atoms with E-state index in [1.54, 1.807) is 0 Å². The van der Waals surface area contributed by atoms with Gasteiger partial charge in [-0.25, -0.2) is 0 Å². The van der Waals surface area contributed by atoms with Gasteiger partial charge >= 0.3 is 0 Å². The fourth-order valence-electron chi connectivity index (χ4n) is 4.03. The normalized spacial score (nSPS) is 24.1. The molecule has 1 N–H and O–H groups in total. The molecule has 1 aliphatic carbocycles. The zero-order valence-corrected chi connectivity index (χ0v) is 14.3. The third-order valence-electron chi connectivity index (χ3n) is 5.90. The second kappa shape index (κ2) is 5.69. The van der Waals surface area contributed by atoms with Gasteiger partial charge in [0.1, 0.15) is 0 Å². The van der Waals surface area contributed by atoms with Crippen molar-refractivity contribution in [1.29, 1.82) is 0 Å². The number of piperidine rings is 1. The molecule has 2 aliphatic rings. The van der Waals surface area contributed by atoms with E-state index in [4.69, 9.17) is 0 Å². The SMILES string of the molecule is Cc1ccc(C)c(C(C)N(C)C(=O)C2CC23CCNCC3)c1. The molecule has 2 fully saturated rings. The summed E-state index contributed by atoms with van der Waals surface area (Å²) in [6.45, 7) is 8.54. The van der Waals surface area contributed by atoms with Crippen LogP contribution in [0.15, 0.2) is 18.2 Å². The number of aryl methyl sites for hydroxylation is 2. The van der Waals surface area contributed by atoms with E-state index in [-0.39, 0.29) is 12.0 Å². The first kappa shape index (κ1) is 15.5. The lowest BCUT2D eigenvalue weighted by molar-refractivity contribution is -0.134. The fraction of sp³-hybridized carbons (Fsp3) is 0.632. The largest absolute Gasteiger partial charge is 0.339 e. The summed E-state index contributed by atoms with van der Waals surface area (Å²) in [7, 11) is 1.97. The van der Waals surface area contributed by atoms with Gasteiger partial charge in [0.05, 0.1) is 6.04 Å². The Kier molecular flexibility index (Phi) is 4.02. The number of carbonyl (C=O) groups is 1. The molecule has 1 amide bonds. The summed E-state index contributed by atoms with van der Waals surface area (Å²) in [4.78, 5) is 14.9. The number of hydrogen-bond acceptors (Lipinski definition) is 2. The molecule has 1 spiro atoms. The Morgan fingerprint density at radius 1 is 1.32 bits per heavy atom. The molecule has 1 saturated heterocycles. The predicted octanol–water partition coefficient (Wildman–Crippen LogP) is 3.21. The molecule has 1 aromatic carbocycles. The smallest absolute Gasteiger partial charge is 0.226 e. The lowest BCUT2D eigenvalue weighted by Gasteiger charge is -2.29. The fourth-order valence-corrected chi connectivity index (χ4v) is 4.03. The standard InChI is InChI=1S/C19H28N2O/c1-13-5-6-14(2)16(11-13)15(3)21(4)18(22)17-12-19(17)7-9-20-10-8-19/h5-6,11,15,17,20H,7-10,12H2,1-4H3. The zero-order valence-electron chi connectivity index (χ0n) is 14.3. The number of benzene rings is 1. The van der Waals surface area contributed by atoms with Gasteiger partial charge in [0.25, 0.3) is 0 Å². The van der Waals surface area contributed by atoms with Crippen LogP contribution < -0.4 is 5.32 Å². The number of rotatable bonds is 3. The molecule has 0 bridgehead atoms. The van der Waals surface area contributed by atoms with E-state index in [9.17, 15) is 4.79 Å². The maximum atomic E-state index is 12.9. The van der Waals surface area contributed by atoms with E-state index in [1.165, 1.54) is 16.7 Å². The Labute approximate surface area is 134 Å². The van der Waals surface area contributed by atoms with Gasteiger partial charge in [-0.2, -0.15) is 0 Å². The molecule has 2 unspecified atom stereocenters. The monoisotopic (exact) mass is 300 g/mol. The molecule has 1 saturated carbocycles. The summed E-state index contributed by atoms with van der Waals surface area (Å²) in [5.74, 6) is 0.600. The second-order valence-corrected chi connectivity index (χ2v) is 7.35. The van der Waals surface area contributed by atoms with Crippen molar-refractivity contribution in [2.75, 3.05) is 20.1 Å². The minimum atomic E-state index is 0.145. The van der Waals surface area contributed by atoms with Gasteiger partial charge in [0.2, 0.25) is 5.91 Å². The van der Waals surface area contributed by atoms with Crippen LogP contribution in [0.3, 0.4) is 0 Å². The first-order chi connectivity index (χ1) is 10.4. The quantitative estimate of drug-likeness (QED) is 0.929. The molecule has 1 aromatic rings. The first-order valence-electron chi connectivity index (χ1n) is 8.49. The average Bonchev–Trinajstić information content (AvgIpc) is 3.21. The lowest BCUT2D eigenvalue weighted by atomic mass is 9.91. The van der Waals surface area contributed by atoms with Crippen LogP contribution in [0.1, 0.15) is 48.9 Å². The van der Waals surface area contributed by atoms with E-state index >= 15 is 0 Å². The first-order valence-corrected chi connectivity index (χ1v) is 8.49. The van der Waals surface area contributed by atoms with Crippen molar-refractivity contribution < 1.29 is 4.79 Å². The Morgan fingerprint density at radius 3 is 2.68 bits per heavy atom. The highest BCUT2D eigenvalue weighted by Crippen LogP contribution is 2.59. The maximum absolute atomic E-state index is 12.9. The Bertz CT molecular complexity index is 575. The maximum Gasteiger partial charge on any atom is 0.226 e. The van der Waals surface area contributed by atoms with Gasteiger partial charge in [-0.15, -0.1) is 0 Å². The molecule has 1 heterocycles. The highest BCUT2D eigenvalue weighted by Gasteiger charge is 2.58. The van der Waals surface area contributed by atoms with E-state index < -0.39 is 0 Å². The van der Waals surface area contributed by atoms with Crippen molar-refractivity contribution in [2.24, 2.45) is 11.3 Å². The summed E-state index contributed by atoms with van der Waals surface area (Å²) in [5.41, 5.74) is 4.12. The average molecular weight is 300 g/mol. The topological polar surface area (TPSA) is 32.3 Å². The van der Waals surface area contributed by atoms with Gasteiger partial charge < -0.3 is 10.2 Å². The summed E-state index contributed by atoms with van der Waals surface area (Å²) in [6, 6.07) is 6.66. The number of nitrogens with one attached hydrogen (secondary N) is 1. The Hall–Kier alpha value is -1.35. The summed E-state index contributed by atoms with van der Waals surface area (Å²) in [6.07, 6.45) is 3.42. The number of amides is 1. The van der Waals surface area contributed by atoms with Crippen molar-refractivity contribution >= 4 is 5.91 Å². The molecule has 1 aliphatic heterocycles. The van der Waals surface area contributed by atoms with Crippen LogP contribution in [0.2, 0.25) is 0 Å². The Morgan fingerprint density at radius 2 is 2.00 bits per heavy atom. The third-order valence-corrected chi connectivity index (χ3v) is 5.90. The minimum absolute atomic E-state index is 0.145. The third kappa shape index (κ3) is 2.67. The van der Waals surface area contributed by atoms with E-state index in [2.05, 4.69) is 44.3 Å². The van der Waals surface area contributed by atoms with Crippen LogP contribution in [-0.2, 0) is 4.79 Å². The van der Waals surface area contributed by atoms with Crippen molar-refractivity contribution in [3.05, 3.63) is 34.9 Å². The molecule has 22 heavy (non-hydrogen) atoms. The van der Waals surface area contributed by atoms with Crippen molar-refractivity contribution in [2.45, 2.75) is 46.1 Å². The van der Waals surface area contributed by atoms with Crippen LogP contribution in [-0.4, -0.2) is 30.9 Å². The van der Waals surface area contributed by atoms with Gasteiger partial charge in [0, 0.05) is 13.0 Å². The van der Waals surface area contributed by atoms with E-state index in [1.807, 2.05) is 11.9 Å². The van der Waals surface area contributed by atoms with Crippen LogP contribution in [0.5, 0.6) is 0 Å². The molecule has 2 atom stereocenters. The summed E-state index contributed by atoms with van der Waals surface area (Å²) in [5, 5.41) is 3.41. The van der Waals surface area contributed by atoms with Crippen molar-refractivity contribution in [1.82, 2.24) is 10.2 Å². The summed E-state index contributed by atoms with van der Waals surface area (Å²) >= 11 is 0. The molecular formula is C19H28N2O. The molecular weight excluding hydrogens is 272 g/mol. The highest BCUT2D eigenvalue weighted by atomic mass is 16.2. The summed E-state index contributed by atoms with van der Waals surface area (Å²) < 4.78 is 0. The van der Waals surface area contributed by atoms with Gasteiger partial charge in [-0.3, -0.25) is 4.79 Å². The van der Waals surface area contributed by atoms with Gasteiger partial charge in [-0.05, 0) is 69.7 Å². The minimum Gasteiger partial charge on any atom is -0.339 e. The molecule has 3 rings (SSSR count). The molecule has 0 radical (unpaired) electrons. The molecule has 120 valence electrons. The van der Waals surface area contributed by atoms with E-state index in [0.29, 0.717) is 11.3 Å². The van der Waals surface area contributed by atoms with Crippen LogP contribution in [0, 0.1) is 25.2 Å². The van der Waals surface area contributed by atoms with Gasteiger partial charge in [-0.1, -0.05) is 23.8 Å². The van der Waals surface area contributed by atoms with Gasteiger partial charge in [0.15, 0.2) is 0 Å². The highest BCUT2D eigenvalue weighted by molar-refractivity contribution is 5.83.